The van der Waals surface area contributed by atoms with Crippen molar-refractivity contribution in [3.63, 3.8) is 0 Å². The van der Waals surface area contributed by atoms with Crippen LogP contribution in [0.5, 0.6) is 11.5 Å². The largest absolute Gasteiger partial charge is 0.494 e. The van der Waals surface area contributed by atoms with E-state index in [4.69, 9.17) is 67.5 Å². The molecule has 21 heteroatoms. The second-order valence-electron chi connectivity index (χ2n) is 15.0. The van der Waals surface area contributed by atoms with Gasteiger partial charge in [0.1, 0.15) is 22.9 Å². The first-order chi connectivity index (χ1) is 33.6. The molecule has 0 bridgehead atoms. The van der Waals surface area contributed by atoms with Crippen molar-refractivity contribution >= 4 is 127 Å². The molecule has 0 aliphatic carbocycles. The second kappa shape index (κ2) is 26.5. The van der Waals surface area contributed by atoms with Gasteiger partial charge in [0.25, 0.3) is 23.6 Å². The maximum Gasteiger partial charge on any atom is 0.258 e. The summed E-state index contributed by atoms with van der Waals surface area (Å²) in [5, 5.41) is 26.8. The number of carbonyl (C=O) groups is 6. The highest BCUT2D eigenvalue weighted by Crippen LogP contribution is 2.33. The molecule has 366 valence electrons. The first-order valence-electron chi connectivity index (χ1n) is 21.6. The molecule has 0 heterocycles. The van der Waals surface area contributed by atoms with Crippen LogP contribution in [0.3, 0.4) is 0 Å². The normalized spacial score (nSPS) is 12.0. The molecule has 70 heavy (non-hydrogen) atoms. The zero-order valence-electron chi connectivity index (χ0n) is 38.2. The first-order valence-corrected chi connectivity index (χ1v) is 23.9. The Morgan fingerprint density at radius 1 is 0.543 bits per heavy atom. The van der Waals surface area contributed by atoms with Gasteiger partial charge in [-0.05, 0) is 112 Å². The van der Waals surface area contributed by atoms with Crippen molar-refractivity contribution in [2.75, 3.05) is 46.2 Å². The minimum atomic E-state index is -1.65. The fourth-order valence-electron chi connectivity index (χ4n) is 6.61. The number of Topliss-reactive ketones (excluding diaryl/α,β-unsaturated/α-hetero) is 2. The number of benzene rings is 5. The number of ketones is 2. The summed E-state index contributed by atoms with van der Waals surface area (Å²) in [6.07, 6.45) is 0.957. The van der Waals surface area contributed by atoms with Gasteiger partial charge in [0, 0.05) is 52.5 Å². The molecule has 0 saturated heterocycles. The maximum atomic E-state index is 13.5. The van der Waals surface area contributed by atoms with Gasteiger partial charge in [-0.15, -0.1) is 34.8 Å². The summed E-state index contributed by atoms with van der Waals surface area (Å²) in [5.74, 6) is -2.59. The molecule has 16 nitrogen and oxygen atoms in total. The molecule has 5 aromatic carbocycles. The van der Waals surface area contributed by atoms with Crippen LogP contribution in [0.2, 0.25) is 10.0 Å². The standard InChI is InChI=1S/C49H47Cl5N8O8/c1-5-69-33-16-13-29(19-21-50)40(24-33)57-46(65)35-9-7-11-38(42(35)53)59-61-44(27(3)63)48(67)55-32-15-18-37(31(23-32)26-52)56-49(68)45(28(4)64)62-60-39-12-8-10-36(43(39)54)47(66)58-41-25-34(70-6-2)17-14-30(41)20-22-51/h7-18,23-25,44-45H,5-6,19-22,26H2,1-4H3,(H,55,67)(H,56,68)(H,57,65)(H,58,66). The minimum absolute atomic E-state index is 0.0133. The van der Waals surface area contributed by atoms with Crippen LogP contribution < -0.4 is 30.7 Å². The second-order valence-corrected chi connectivity index (χ2v) is 16.8. The highest BCUT2D eigenvalue weighted by molar-refractivity contribution is 6.37. The van der Waals surface area contributed by atoms with Crippen LogP contribution in [0.25, 0.3) is 0 Å². The number of rotatable bonds is 23. The smallest absolute Gasteiger partial charge is 0.258 e. The molecule has 4 N–H and O–H groups in total. The van der Waals surface area contributed by atoms with Gasteiger partial charge < -0.3 is 30.7 Å². The number of aryl methyl sites for hydroxylation is 2. The molecule has 0 saturated carbocycles. The number of azo groups is 2. The average Bonchev–Trinajstić information content (AvgIpc) is 3.32. The van der Waals surface area contributed by atoms with Gasteiger partial charge in [0.05, 0.1) is 34.4 Å². The van der Waals surface area contributed by atoms with Crippen molar-refractivity contribution in [3.8, 4) is 11.5 Å². The molecule has 0 aliphatic heterocycles. The summed E-state index contributed by atoms with van der Waals surface area (Å²) < 4.78 is 11.2. The third kappa shape index (κ3) is 14.6. The van der Waals surface area contributed by atoms with Crippen molar-refractivity contribution in [1.82, 2.24) is 0 Å². The van der Waals surface area contributed by atoms with Gasteiger partial charge in [-0.25, -0.2) is 0 Å². The van der Waals surface area contributed by atoms with Crippen LogP contribution in [-0.4, -0.2) is 72.3 Å². The third-order valence-electron chi connectivity index (χ3n) is 10.1. The van der Waals surface area contributed by atoms with E-state index in [0.717, 1.165) is 25.0 Å². The third-order valence-corrected chi connectivity index (χ3v) is 11.5. The fraction of sp³-hybridized carbons (Fsp3) is 0.265. The van der Waals surface area contributed by atoms with Crippen LogP contribution in [0, 0.1) is 0 Å². The number of amides is 4. The summed E-state index contributed by atoms with van der Waals surface area (Å²) in [5.41, 5.74) is 3.32. The van der Waals surface area contributed by atoms with Crippen molar-refractivity contribution in [3.05, 3.63) is 129 Å². The quantitative estimate of drug-likeness (QED) is 0.0279. The Balaban J connectivity index is 1.27. The molecule has 0 aromatic heterocycles. The molecule has 5 aromatic rings. The van der Waals surface area contributed by atoms with Gasteiger partial charge >= 0.3 is 0 Å². The molecular formula is C49H47Cl5N8O8. The predicted octanol–water partition coefficient (Wildman–Crippen LogP) is 12.0. The van der Waals surface area contributed by atoms with Gasteiger partial charge in [0.15, 0.2) is 11.6 Å². The Labute approximate surface area is 428 Å². The summed E-state index contributed by atoms with van der Waals surface area (Å²) >= 11 is 31.5. The number of halogens is 5. The lowest BCUT2D eigenvalue weighted by atomic mass is 10.1. The van der Waals surface area contributed by atoms with E-state index in [1.165, 1.54) is 54.6 Å². The Hall–Kier alpha value is -6.43. The summed E-state index contributed by atoms with van der Waals surface area (Å²) in [7, 11) is 0. The van der Waals surface area contributed by atoms with Gasteiger partial charge in [0.2, 0.25) is 12.1 Å². The lowest BCUT2D eigenvalue weighted by Gasteiger charge is -2.15. The molecule has 0 radical (unpaired) electrons. The number of alkyl halides is 3. The fourth-order valence-corrected chi connectivity index (χ4v) is 7.74. The molecule has 2 unspecified atom stereocenters. The molecule has 2 atom stereocenters. The van der Waals surface area contributed by atoms with E-state index in [1.54, 1.807) is 24.3 Å². The Bertz CT molecular complexity index is 2830. The zero-order valence-corrected chi connectivity index (χ0v) is 42.0. The number of hydrogen-bond acceptors (Lipinski definition) is 12. The van der Waals surface area contributed by atoms with Gasteiger partial charge in [-0.3, -0.25) is 28.8 Å². The predicted molar refractivity (Wildman–Crippen MR) is 274 cm³/mol. The number of anilines is 4. The summed E-state index contributed by atoms with van der Waals surface area (Å²) in [6, 6.07) is 20.5. The van der Waals surface area contributed by atoms with Crippen LogP contribution in [0.1, 0.15) is 65.1 Å². The van der Waals surface area contributed by atoms with E-state index in [2.05, 4.69) is 41.7 Å². The van der Waals surface area contributed by atoms with E-state index in [0.29, 0.717) is 66.3 Å². The van der Waals surface area contributed by atoms with Crippen molar-refractivity contribution in [2.24, 2.45) is 20.5 Å². The topological polar surface area (TPSA) is 218 Å². The van der Waals surface area contributed by atoms with E-state index >= 15 is 0 Å². The number of nitrogens with one attached hydrogen (secondary N) is 4. The average molecular weight is 1050 g/mol. The van der Waals surface area contributed by atoms with Crippen molar-refractivity contribution in [2.45, 2.75) is 58.5 Å². The first kappa shape index (κ1) is 54.5. The number of carbonyl (C=O) groups excluding carboxylic acids is 6. The lowest BCUT2D eigenvalue weighted by Crippen LogP contribution is -2.32. The Kier molecular flexibility index (Phi) is 20.7. The molecule has 5 rings (SSSR count). The number of hydrogen-bond donors (Lipinski definition) is 4. The zero-order chi connectivity index (χ0) is 50.9. The van der Waals surface area contributed by atoms with Crippen molar-refractivity contribution in [1.29, 1.82) is 0 Å². The Morgan fingerprint density at radius 2 is 1.00 bits per heavy atom. The van der Waals surface area contributed by atoms with E-state index < -0.39 is 47.3 Å². The van der Waals surface area contributed by atoms with Crippen LogP contribution in [0.4, 0.5) is 34.1 Å². The number of ether oxygens (including phenoxy) is 2. The maximum absolute atomic E-state index is 13.5. The highest BCUT2D eigenvalue weighted by Gasteiger charge is 2.27. The van der Waals surface area contributed by atoms with Crippen LogP contribution in [0.15, 0.2) is 111 Å². The molecule has 0 spiro atoms. The van der Waals surface area contributed by atoms with E-state index in [9.17, 15) is 28.8 Å². The lowest BCUT2D eigenvalue weighted by molar-refractivity contribution is -0.127. The van der Waals surface area contributed by atoms with Crippen molar-refractivity contribution < 1.29 is 38.2 Å². The monoisotopic (exact) mass is 1050 g/mol. The van der Waals surface area contributed by atoms with Gasteiger partial charge in [-0.1, -0.05) is 47.5 Å². The molecule has 4 amide bonds. The van der Waals surface area contributed by atoms with E-state index in [-0.39, 0.29) is 49.8 Å². The van der Waals surface area contributed by atoms with E-state index in [1.807, 2.05) is 26.0 Å². The highest BCUT2D eigenvalue weighted by atomic mass is 35.5. The Morgan fingerprint density at radius 3 is 1.41 bits per heavy atom. The van der Waals surface area contributed by atoms with Crippen LogP contribution in [-0.2, 0) is 37.9 Å². The van der Waals surface area contributed by atoms with Crippen LogP contribution >= 0.6 is 58.0 Å². The number of nitrogens with zero attached hydrogens (tertiary/aromatic N) is 4. The molecule has 0 aliphatic rings. The van der Waals surface area contributed by atoms with Gasteiger partial charge in [-0.2, -0.15) is 20.5 Å². The SMILES string of the molecule is CCOc1ccc(CCCl)c(NC(=O)c2cccc(N=NC(C(C)=O)C(=O)Nc3ccc(NC(=O)C(N=Nc4cccc(C(=O)Nc5cc(OCC)ccc5CCCl)c4Cl)C(C)=O)c(CCl)c3)c2Cl)c1. The molecule has 0 fully saturated rings. The minimum Gasteiger partial charge on any atom is -0.494 e. The summed E-state index contributed by atoms with van der Waals surface area (Å²) in [6.45, 7) is 6.83. The summed E-state index contributed by atoms with van der Waals surface area (Å²) in [4.78, 5) is 79.3. The molecular weight excluding hydrogens is 1010 g/mol.